The molecule has 0 fully saturated rings. The number of primary amides is 1. The molecule has 1 heterocycles. The molecule has 1 amide bonds. The fourth-order valence-electron chi connectivity index (χ4n) is 0.897. The third-order valence-electron chi connectivity index (χ3n) is 1.89. The number of carbonyl (C=O) groups is 1. The number of hydrogen-bond donors (Lipinski definition) is 3. The van der Waals surface area contributed by atoms with Crippen LogP contribution in [-0.4, -0.2) is 29.7 Å². The van der Waals surface area contributed by atoms with Gasteiger partial charge in [-0.25, -0.2) is 0 Å². The zero-order valence-corrected chi connectivity index (χ0v) is 8.78. The molecule has 0 spiro atoms. The molecule has 1 unspecified atom stereocenters. The van der Waals surface area contributed by atoms with Gasteiger partial charge in [0, 0.05) is 13.0 Å². The van der Waals surface area contributed by atoms with Crippen molar-refractivity contribution in [3.05, 3.63) is 5.89 Å². The highest BCUT2D eigenvalue weighted by Gasteiger charge is 2.11. The molecule has 0 bridgehead atoms. The Labute approximate surface area is 87.4 Å². The van der Waals surface area contributed by atoms with E-state index in [0.717, 1.165) is 0 Å². The number of nitrogens with zero attached hydrogens (tertiary/aromatic N) is 2. The van der Waals surface area contributed by atoms with Crippen LogP contribution in [-0.2, 0) is 4.79 Å². The largest absolute Gasteiger partial charge is 0.406 e. The molecule has 84 valence electrons. The number of nitrogens with one attached hydrogen (secondary N) is 2. The molecule has 1 aromatic rings. The second-order valence-corrected chi connectivity index (χ2v) is 3.10. The minimum absolute atomic E-state index is 0.00388. The van der Waals surface area contributed by atoms with Gasteiger partial charge >= 0.3 is 6.01 Å². The highest BCUT2D eigenvalue weighted by atomic mass is 16.4. The third kappa shape index (κ3) is 3.55. The summed E-state index contributed by atoms with van der Waals surface area (Å²) in [5, 5.41) is 13.4. The van der Waals surface area contributed by atoms with E-state index in [1.54, 1.807) is 7.05 Å². The van der Waals surface area contributed by atoms with Gasteiger partial charge in [0.1, 0.15) is 0 Å². The summed E-state index contributed by atoms with van der Waals surface area (Å²) in [5.74, 6) is 0.130. The van der Waals surface area contributed by atoms with E-state index in [0.29, 0.717) is 18.5 Å². The predicted molar refractivity (Wildman–Crippen MR) is 54.1 cm³/mol. The lowest BCUT2D eigenvalue weighted by molar-refractivity contribution is -0.117. The molecule has 15 heavy (non-hydrogen) atoms. The van der Waals surface area contributed by atoms with Gasteiger partial charge in [0.25, 0.3) is 0 Å². The van der Waals surface area contributed by atoms with Gasteiger partial charge in [-0.2, -0.15) is 0 Å². The summed E-state index contributed by atoms with van der Waals surface area (Å²) in [6, 6.07) is 0.303. The number of carbonyl (C=O) groups excluding carboxylic acids is 1. The molecule has 7 nitrogen and oxygen atoms in total. The van der Waals surface area contributed by atoms with E-state index >= 15 is 0 Å². The topological polar surface area (TPSA) is 106 Å². The first-order valence-corrected chi connectivity index (χ1v) is 4.66. The molecular formula is C8H15N5O2. The van der Waals surface area contributed by atoms with Crippen LogP contribution in [0.15, 0.2) is 4.42 Å². The average Bonchev–Trinajstić information content (AvgIpc) is 2.65. The van der Waals surface area contributed by atoms with Crippen molar-refractivity contribution in [2.24, 2.45) is 5.73 Å². The molecule has 0 aromatic carbocycles. The average molecular weight is 213 g/mol. The van der Waals surface area contributed by atoms with Crippen LogP contribution in [0.3, 0.4) is 0 Å². The van der Waals surface area contributed by atoms with E-state index in [-0.39, 0.29) is 18.4 Å². The summed E-state index contributed by atoms with van der Waals surface area (Å²) in [6.07, 6.45) is 0.235. The Bertz CT molecular complexity index is 325. The lowest BCUT2D eigenvalue weighted by Crippen LogP contribution is -2.15. The van der Waals surface area contributed by atoms with Crippen LogP contribution >= 0.6 is 0 Å². The Hall–Kier alpha value is -1.63. The van der Waals surface area contributed by atoms with Crippen molar-refractivity contribution in [1.82, 2.24) is 15.5 Å². The maximum Gasteiger partial charge on any atom is 0.315 e. The first-order valence-electron chi connectivity index (χ1n) is 4.66. The SMILES string of the molecule is CNC(C)c1nnc(NCCC(N)=O)o1. The van der Waals surface area contributed by atoms with E-state index in [2.05, 4.69) is 20.8 Å². The highest BCUT2D eigenvalue weighted by molar-refractivity contribution is 5.74. The maximum atomic E-state index is 10.5. The van der Waals surface area contributed by atoms with E-state index in [4.69, 9.17) is 10.2 Å². The van der Waals surface area contributed by atoms with Gasteiger partial charge in [0.2, 0.25) is 11.8 Å². The van der Waals surface area contributed by atoms with E-state index in [1.165, 1.54) is 0 Å². The van der Waals surface area contributed by atoms with E-state index in [1.807, 2.05) is 6.92 Å². The lowest BCUT2D eigenvalue weighted by atomic mass is 10.3. The summed E-state index contributed by atoms with van der Waals surface area (Å²) in [5.41, 5.74) is 4.98. The van der Waals surface area contributed by atoms with Gasteiger partial charge in [0.15, 0.2) is 0 Å². The van der Waals surface area contributed by atoms with Crippen LogP contribution in [0.1, 0.15) is 25.3 Å². The second kappa shape index (κ2) is 5.30. The molecular weight excluding hydrogens is 198 g/mol. The van der Waals surface area contributed by atoms with Crippen LogP contribution in [0.25, 0.3) is 0 Å². The molecule has 4 N–H and O–H groups in total. The first-order chi connectivity index (χ1) is 7.13. The van der Waals surface area contributed by atoms with Gasteiger partial charge < -0.3 is 20.8 Å². The zero-order chi connectivity index (χ0) is 11.3. The number of nitrogens with two attached hydrogens (primary N) is 1. The van der Waals surface area contributed by atoms with Gasteiger partial charge in [-0.3, -0.25) is 4.79 Å². The number of amides is 1. The third-order valence-corrected chi connectivity index (χ3v) is 1.89. The minimum atomic E-state index is -0.370. The summed E-state index contributed by atoms with van der Waals surface area (Å²) in [4.78, 5) is 10.5. The number of aromatic nitrogens is 2. The van der Waals surface area contributed by atoms with Gasteiger partial charge in [-0.15, -0.1) is 5.10 Å². The standard InChI is InChI=1S/C8H15N5O2/c1-5(10-2)7-12-13-8(15-7)11-4-3-6(9)14/h5,10H,3-4H2,1-2H3,(H2,9,14)(H,11,13). The quantitative estimate of drug-likeness (QED) is 0.595. The van der Waals surface area contributed by atoms with Crippen molar-refractivity contribution in [2.45, 2.75) is 19.4 Å². The first kappa shape index (κ1) is 11.4. The van der Waals surface area contributed by atoms with Crippen LogP contribution < -0.4 is 16.4 Å². The molecule has 1 rings (SSSR count). The molecule has 1 atom stereocenters. The molecule has 0 radical (unpaired) electrons. The van der Waals surface area contributed by atoms with Gasteiger partial charge in [-0.1, -0.05) is 5.10 Å². The van der Waals surface area contributed by atoms with Crippen LogP contribution in [0.2, 0.25) is 0 Å². The molecule has 0 saturated carbocycles. The molecule has 1 aromatic heterocycles. The molecule has 0 aliphatic rings. The second-order valence-electron chi connectivity index (χ2n) is 3.10. The Morgan fingerprint density at radius 2 is 2.33 bits per heavy atom. The Morgan fingerprint density at radius 1 is 1.60 bits per heavy atom. The van der Waals surface area contributed by atoms with E-state index in [9.17, 15) is 4.79 Å². The van der Waals surface area contributed by atoms with Crippen LogP contribution in [0.5, 0.6) is 0 Å². The van der Waals surface area contributed by atoms with Gasteiger partial charge in [0.05, 0.1) is 6.04 Å². The summed E-state index contributed by atoms with van der Waals surface area (Å²) < 4.78 is 5.27. The van der Waals surface area contributed by atoms with Crippen molar-refractivity contribution < 1.29 is 9.21 Å². The summed E-state index contributed by atoms with van der Waals surface area (Å²) >= 11 is 0. The summed E-state index contributed by atoms with van der Waals surface area (Å²) in [7, 11) is 1.80. The predicted octanol–water partition coefficient (Wildman–Crippen LogP) is -0.363. The Morgan fingerprint density at radius 3 is 2.93 bits per heavy atom. The summed E-state index contributed by atoms with van der Waals surface area (Å²) in [6.45, 7) is 2.30. The van der Waals surface area contributed by atoms with E-state index < -0.39 is 0 Å². The fraction of sp³-hybridized carbons (Fsp3) is 0.625. The van der Waals surface area contributed by atoms with Crippen molar-refractivity contribution >= 4 is 11.9 Å². The van der Waals surface area contributed by atoms with Gasteiger partial charge in [-0.05, 0) is 14.0 Å². The monoisotopic (exact) mass is 213 g/mol. The zero-order valence-electron chi connectivity index (χ0n) is 8.78. The normalized spacial score (nSPS) is 12.4. The molecule has 0 saturated heterocycles. The Balaban J connectivity index is 2.42. The molecule has 0 aliphatic carbocycles. The fourth-order valence-corrected chi connectivity index (χ4v) is 0.897. The van der Waals surface area contributed by atoms with Crippen LogP contribution in [0, 0.1) is 0 Å². The van der Waals surface area contributed by atoms with Crippen molar-refractivity contribution in [3.8, 4) is 0 Å². The van der Waals surface area contributed by atoms with Crippen molar-refractivity contribution in [3.63, 3.8) is 0 Å². The number of anilines is 1. The number of rotatable bonds is 6. The minimum Gasteiger partial charge on any atom is -0.406 e. The molecule has 0 aliphatic heterocycles. The van der Waals surface area contributed by atoms with Crippen molar-refractivity contribution in [2.75, 3.05) is 18.9 Å². The Kier molecular flexibility index (Phi) is 4.04. The number of hydrogen-bond acceptors (Lipinski definition) is 6. The lowest BCUT2D eigenvalue weighted by Gasteiger charge is -2.02. The maximum absolute atomic E-state index is 10.5. The molecule has 7 heteroatoms. The highest BCUT2D eigenvalue weighted by Crippen LogP contribution is 2.12. The van der Waals surface area contributed by atoms with Crippen LogP contribution in [0.4, 0.5) is 6.01 Å². The van der Waals surface area contributed by atoms with Crippen molar-refractivity contribution in [1.29, 1.82) is 0 Å². The smallest absolute Gasteiger partial charge is 0.315 e.